The van der Waals surface area contributed by atoms with E-state index in [1.54, 1.807) is 0 Å². The fourth-order valence-corrected chi connectivity index (χ4v) is 2.83. The summed E-state index contributed by atoms with van der Waals surface area (Å²) in [5.74, 6) is 2.25. The van der Waals surface area contributed by atoms with Crippen LogP contribution in [0.25, 0.3) is 0 Å². The lowest BCUT2D eigenvalue weighted by atomic mass is 9.70. The Morgan fingerprint density at radius 2 is 2.12 bits per heavy atom. The summed E-state index contributed by atoms with van der Waals surface area (Å²) >= 11 is 0. The molecule has 0 aliphatic heterocycles. The molecule has 0 bridgehead atoms. The molecule has 1 aliphatic carbocycles. The first kappa shape index (κ1) is 13.5. The quantitative estimate of drug-likeness (QED) is 0.767. The number of nitrogens with two attached hydrogens (primary N) is 1. The maximum atomic E-state index is 12.1. The summed E-state index contributed by atoms with van der Waals surface area (Å²) in [5, 5.41) is 2.94. The van der Waals surface area contributed by atoms with Crippen molar-refractivity contribution in [3.63, 3.8) is 0 Å². The summed E-state index contributed by atoms with van der Waals surface area (Å²) in [5.41, 5.74) is 5.41. The first-order chi connectivity index (χ1) is 7.56. The summed E-state index contributed by atoms with van der Waals surface area (Å²) < 4.78 is 0. The summed E-state index contributed by atoms with van der Waals surface area (Å²) in [4.78, 5) is 12.1. The van der Waals surface area contributed by atoms with Gasteiger partial charge in [-0.2, -0.15) is 0 Å². The van der Waals surface area contributed by atoms with Crippen LogP contribution in [-0.2, 0) is 4.79 Å². The van der Waals surface area contributed by atoms with Crippen molar-refractivity contribution in [1.29, 1.82) is 0 Å². The van der Waals surface area contributed by atoms with E-state index in [9.17, 15) is 4.79 Å². The molecule has 0 aromatic carbocycles. The van der Waals surface area contributed by atoms with Gasteiger partial charge in [-0.15, -0.1) is 0 Å². The highest BCUT2D eigenvalue weighted by atomic mass is 16.1. The van der Waals surface area contributed by atoms with E-state index in [2.05, 4.69) is 26.1 Å². The molecule has 3 nitrogen and oxygen atoms in total. The highest BCUT2D eigenvalue weighted by Crippen LogP contribution is 2.37. The van der Waals surface area contributed by atoms with Crippen LogP contribution in [0, 0.1) is 23.7 Å². The lowest BCUT2D eigenvalue weighted by Gasteiger charge is -2.36. The van der Waals surface area contributed by atoms with E-state index < -0.39 is 0 Å². The molecule has 1 aliphatic rings. The fraction of sp³-hybridized carbons (Fsp3) is 0.923. The average molecular weight is 226 g/mol. The maximum absolute atomic E-state index is 12.1. The van der Waals surface area contributed by atoms with Gasteiger partial charge in [0.15, 0.2) is 0 Å². The van der Waals surface area contributed by atoms with Gasteiger partial charge < -0.3 is 11.1 Å². The van der Waals surface area contributed by atoms with Crippen LogP contribution >= 0.6 is 0 Å². The molecule has 1 saturated carbocycles. The number of nitrogens with one attached hydrogen (secondary N) is 1. The third kappa shape index (κ3) is 3.48. The van der Waals surface area contributed by atoms with Crippen LogP contribution in [-0.4, -0.2) is 19.0 Å². The molecule has 0 radical (unpaired) electrons. The molecule has 0 saturated heterocycles. The average Bonchev–Trinajstić information content (AvgIpc) is 2.25. The summed E-state index contributed by atoms with van der Waals surface area (Å²) in [6, 6.07) is 0. The zero-order valence-corrected chi connectivity index (χ0v) is 10.8. The SMILES string of the molecule is CC(C)C1CC[C@@H](C)C[C@H]1C(=O)NCCN. The van der Waals surface area contributed by atoms with Gasteiger partial charge in [-0.05, 0) is 30.6 Å². The molecule has 1 rings (SSSR count). The van der Waals surface area contributed by atoms with Gasteiger partial charge in [0.25, 0.3) is 0 Å². The van der Waals surface area contributed by atoms with E-state index in [1.807, 2.05) is 0 Å². The molecule has 0 heterocycles. The van der Waals surface area contributed by atoms with Crippen molar-refractivity contribution in [2.24, 2.45) is 29.4 Å². The van der Waals surface area contributed by atoms with Crippen LogP contribution in [0.15, 0.2) is 0 Å². The van der Waals surface area contributed by atoms with Crippen LogP contribution in [0.3, 0.4) is 0 Å². The Bertz CT molecular complexity index is 228. The predicted molar refractivity (Wildman–Crippen MR) is 66.9 cm³/mol. The van der Waals surface area contributed by atoms with Crippen molar-refractivity contribution >= 4 is 5.91 Å². The third-order valence-corrected chi connectivity index (χ3v) is 3.80. The van der Waals surface area contributed by atoms with Crippen molar-refractivity contribution in [3.8, 4) is 0 Å². The summed E-state index contributed by atoms with van der Waals surface area (Å²) in [6.07, 6.45) is 3.50. The first-order valence-corrected chi connectivity index (χ1v) is 6.54. The van der Waals surface area contributed by atoms with Crippen molar-refractivity contribution in [3.05, 3.63) is 0 Å². The minimum Gasteiger partial charge on any atom is -0.355 e. The Labute approximate surface area is 99.2 Å². The third-order valence-electron chi connectivity index (χ3n) is 3.80. The van der Waals surface area contributed by atoms with Crippen LogP contribution in [0.2, 0.25) is 0 Å². The van der Waals surface area contributed by atoms with Crippen molar-refractivity contribution in [2.45, 2.75) is 40.0 Å². The number of amides is 1. The van der Waals surface area contributed by atoms with Crippen LogP contribution in [0.5, 0.6) is 0 Å². The monoisotopic (exact) mass is 226 g/mol. The minimum absolute atomic E-state index is 0.204. The second-order valence-corrected chi connectivity index (χ2v) is 5.51. The Morgan fingerprint density at radius 1 is 1.44 bits per heavy atom. The molecule has 3 heteroatoms. The molecule has 16 heavy (non-hydrogen) atoms. The number of carbonyl (C=O) groups is 1. The van der Waals surface area contributed by atoms with Crippen molar-refractivity contribution < 1.29 is 4.79 Å². The molecule has 3 atom stereocenters. The number of hydrogen-bond donors (Lipinski definition) is 2. The summed E-state index contributed by atoms with van der Waals surface area (Å²) in [7, 11) is 0. The van der Waals surface area contributed by atoms with E-state index >= 15 is 0 Å². The Kier molecular flexibility index (Phi) is 5.26. The molecule has 0 spiro atoms. The van der Waals surface area contributed by atoms with E-state index in [0.717, 1.165) is 6.42 Å². The van der Waals surface area contributed by atoms with E-state index in [-0.39, 0.29) is 11.8 Å². The lowest BCUT2D eigenvalue weighted by Crippen LogP contribution is -2.41. The molecule has 0 aromatic rings. The number of rotatable bonds is 4. The standard InChI is InChI=1S/C13H26N2O/c1-9(2)11-5-4-10(3)8-12(11)13(16)15-7-6-14/h9-12H,4-8,14H2,1-3H3,(H,15,16)/t10-,11?,12-/m1/s1. The van der Waals surface area contributed by atoms with Gasteiger partial charge >= 0.3 is 0 Å². The molecule has 94 valence electrons. The molecule has 3 N–H and O–H groups in total. The molecular formula is C13H26N2O. The molecular weight excluding hydrogens is 200 g/mol. The zero-order chi connectivity index (χ0) is 12.1. The van der Waals surface area contributed by atoms with Crippen molar-refractivity contribution in [2.75, 3.05) is 13.1 Å². The van der Waals surface area contributed by atoms with Gasteiger partial charge in [-0.25, -0.2) is 0 Å². The Morgan fingerprint density at radius 3 is 2.69 bits per heavy atom. The van der Waals surface area contributed by atoms with Gasteiger partial charge in [0.1, 0.15) is 0 Å². The lowest BCUT2D eigenvalue weighted by molar-refractivity contribution is -0.129. The van der Waals surface area contributed by atoms with Crippen molar-refractivity contribution in [1.82, 2.24) is 5.32 Å². The van der Waals surface area contributed by atoms with Gasteiger partial charge in [0, 0.05) is 19.0 Å². The highest BCUT2D eigenvalue weighted by Gasteiger charge is 2.34. The normalized spacial score (nSPS) is 30.4. The number of carbonyl (C=O) groups excluding carboxylic acids is 1. The topological polar surface area (TPSA) is 55.1 Å². The van der Waals surface area contributed by atoms with Crippen LogP contribution in [0.1, 0.15) is 40.0 Å². The van der Waals surface area contributed by atoms with Crippen LogP contribution < -0.4 is 11.1 Å². The second kappa shape index (κ2) is 6.24. The zero-order valence-electron chi connectivity index (χ0n) is 10.8. The van der Waals surface area contributed by atoms with E-state index in [0.29, 0.717) is 30.8 Å². The first-order valence-electron chi connectivity index (χ1n) is 6.54. The van der Waals surface area contributed by atoms with E-state index in [1.165, 1.54) is 12.8 Å². The molecule has 0 aromatic heterocycles. The maximum Gasteiger partial charge on any atom is 0.223 e. The second-order valence-electron chi connectivity index (χ2n) is 5.51. The van der Waals surface area contributed by atoms with Gasteiger partial charge in [-0.3, -0.25) is 4.79 Å². The molecule has 1 unspecified atom stereocenters. The highest BCUT2D eigenvalue weighted by molar-refractivity contribution is 5.79. The molecule has 1 amide bonds. The van der Waals surface area contributed by atoms with Crippen LogP contribution in [0.4, 0.5) is 0 Å². The molecule has 1 fully saturated rings. The summed E-state index contributed by atoms with van der Waals surface area (Å²) in [6.45, 7) is 7.84. The Balaban J connectivity index is 2.59. The van der Waals surface area contributed by atoms with Gasteiger partial charge in [0.2, 0.25) is 5.91 Å². The predicted octanol–water partition coefficient (Wildman–Crippen LogP) is 1.77. The smallest absolute Gasteiger partial charge is 0.223 e. The van der Waals surface area contributed by atoms with E-state index in [4.69, 9.17) is 5.73 Å². The van der Waals surface area contributed by atoms with Gasteiger partial charge in [-0.1, -0.05) is 27.2 Å². The minimum atomic E-state index is 0.204. The largest absolute Gasteiger partial charge is 0.355 e. The Hall–Kier alpha value is -0.570. The fourth-order valence-electron chi connectivity index (χ4n) is 2.83. The number of hydrogen-bond acceptors (Lipinski definition) is 2. The van der Waals surface area contributed by atoms with Gasteiger partial charge in [0.05, 0.1) is 0 Å².